The van der Waals surface area contributed by atoms with Crippen LogP contribution >= 0.6 is 15.9 Å². The van der Waals surface area contributed by atoms with Crippen molar-refractivity contribution in [1.82, 2.24) is 14.8 Å². The molecular formula is C17H11BrN4O5. The van der Waals surface area contributed by atoms with Crippen LogP contribution in [0.4, 0.5) is 5.69 Å². The third-order valence-corrected chi connectivity index (χ3v) is 4.13. The highest BCUT2D eigenvalue weighted by Crippen LogP contribution is 2.23. The molecule has 0 saturated heterocycles. The molecule has 9 nitrogen and oxygen atoms in total. The first-order chi connectivity index (χ1) is 12.9. The molecule has 0 aliphatic rings. The van der Waals surface area contributed by atoms with Gasteiger partial charge in [-0.1, -0.05) is 12.1 Å². The summed E-state index contributed by atoms with van der Waals surface area (Å²) in [4.78, 5) is 39.3. The zero-order valence-corrected chi connectivity index (χ0v) is 15.4. The van der Waals surface area contributed by atoms with Gasteiger partial charge in [0, 0.05) is 24.0 Å². The minimum atomic E-state index is -0.999. The number of hydrogen-bond acceptors (Lipinski definition) is 7. The summed E-state index contributed by atoms with van der Waals surface area (Å²) in [5.41, 5.74) is -0.932. The van der Waals surface area contributed by atoms with E-state index in [-0.39, 0.29) is 21.7 Å². The van der Waals surface area contributed by atoms with Crippen LogP contribution in [0.2, 0.25) is 0 Å². The number of carbonyl (C=O) groups is 1. The molecule has 0 N–H and O–H groups in total. The van der Waals surface area contributed by atoms with Crippen LogP contribution in [0.15, 0.2) is 58.1 Å². The van der Waals surface area contributed by atoms with Crippen LogP contribution in [0.1, 0.15) is 16.2 Å². The van der Waals surface area contributed by atoms with E-state index >= 15 is 0 Å². The molecule has 0 aliphatic carbocycles. The summed E-state index contributed by atoms with van der Waals surface area (Å²) in [5.74, 6) is -0.887. The highest BCUT2D eigenvalue weighted by atomic mass is 79.9. The van der Waals surface area contributed by atoms with Gasteiger partial charge in [-0.25, -0.2) is 14.5 Å². The Kier molecular flexibility index (Phi) is 5.08. The monoisotopic (exact) mass is 430 g/mol. The second-order valence-electron chi connectivity index (χ2n) is 5.34. The van der Waals surface area contributed by atoms with E-state index in [1.165, 1.54) is 36.5 Å². The van der Waals surface area contributed by atoms with Crippen molar-refractivity contribution in [2.24, 2.45) is 0 Å². The number of esters is 1. The van der Waals surface area contributed by atoms with Gasteiger partial charge in [0.1, 0.15) is 10.3 Å². The zero-order chi connectivity index (χ0) is 19.6. The maximum Gasteiger partial charge on any atom is 0.368 e. The van der Waals surface area contributed by atoms with E-state index < -0.39 is 22.0 Å². The summed E-state index contributed by atoms with van der Waals surface area (Å²) >= 11 is 3.14. The summed E-state index contributed by atoms with van der Waals surface area (Å²) in [6, 6.07) is 10.1. The van der Waals surface area contributed by atoms with Gasteiger partial charge in [0.15, 0.2) is 5.75 Å². The Bertz CT molecular complexity index is 1110. The number of para-hydroxylation sites is 2. The Morgan fingerprint density at radius 1 is 1.26 bits per heavy atom. The Hall–Kier alpha value is -3.40. The lowest BCUT2D eigenvalue weighted by Crippen LogP contribution is -2.26. The minimum absolute atomic E-state index is 0.113. The van der Waals surface area contributed by atoms with Crippen molar-refractivity contribution in [3.63, 3.8) is 0 Å². The largest absolute Gasteiger partial charge is 0.419 e. The van der Waals surface area contributed by atoms with Crippen LogP contribution in [0, 0.1) is 17.0 Å². The van der Waals surface area contributed by atoms with Gasteiger partial charge in [0.2, 0.25) is 11.1 Å². The van der Waals surface area contributed by atoms with Crippen molar-refractivity contribution in [3.05, 3.63) is 85.0 Å². The fraction of sp³-hybridized carbons (Fsp3) is 0.0588. The van der Waals surface area contributed by atoms with Crippen LogP contribution in [0.25, 0.3) is 5.69 Å². The topological polar surface area (TPSA) is 117 Å². The molecule has 3 aromatic rings. The quantitative estimate of drug-likeness (QED) is 0.270. The molecule has 0 fully saturated rings. The summed E-state index contributed by atoms with van der Waals surface area (Å²) < 4.78 is 6.61. The Morgan fingerprint density at radius 3 is 2.70 bits per heavy atom. The van der Waals surface area contributed by atoms with Crippen molar-refractivity contribution < 1.29 is 14.5 Å². The number of rotatable bonds is 4. The van der Waals surface area contributed by atoms with E-state index in [1.54, 1.807) is 19.1 Å². The summed E-state index contributed by atoms with van der Waals surface area (Å²) in [5, 5.41) is 15.3. The number of nitro benzene ring substituents is 1. The molecule has 10 heteroatoms. The van der Waals surface area contributed by atoms with Crippen LogP contribution in [-0.2, 0) is 0 Å². The molecule has 1 aromatic carbocycles. The second-order valence-corrected chi connectivity index (χ2v) is 6.09. The molecule has 0 spiro atoms. The molecule has 0 radical (unpaired) electrons. The third kappa shape index (κ3) is 3.75. The number of nitro groups is 1. The number of nitrogens with zero attached hydrogens (tertiary/aromatic N) is 4. The molecule has 0 amide bonds. The van der Waals surface area contributed by atoms with Gasteiger partial charge in [-0.3, -0.25) is 14.9 Å². The predicted molar refractivity (Wildman–Crippen MR) is 98.1 cm³/mol. The first-order valence-electron chi connectivity index (χ1n) is 7.56. The van der Waals surface area contributed by atoms with Gasteiger partial charge in [0.05, 0.1) is 4.92 Å². The van der Waals surface area contributed by atoms with Gasteiger partial charge in [-0.05, 0) is 41.1 Å². The SMILES string of the molecule is Cc1cc(=O)c(C(=O)Oc2cccnc2Br)nn1-c1ccccc1[N+](=O)[O-]. The van der Waals surface area contributed by atoms with Gasteiger partial charge < -0.3 is 4.74 Å². The summed E-state index contributed by atoms with van der Waals surface area (Å²) in [6.07, 6.45) is 1.49. The number of ether oxygens (including phenoxy) is 1. The number of aryl methyl sites for hydroxylation is 1. The van der Waals surface area contributed by atoms with Crippen molar-refractivity contribution in [2.75, 3.05) is 0 Å². The van der Waals surface area contributed by atoms with E-state index in [2.05, 4.69) is 26.0 Å². The first-order valence-corrected chi connectivity index (χ1v) is 8.35. The molecule has 0 unspecified atom stereocenters. The minimum Gasteiger partial charge on any atom is -0.419 e. The first kappa shape index (κ1) is 18.4. The number of aromatic nitrogens is 3. The van der Waals surface area contributed by atoms with Crippen molar-refractivity contribution >= 4 is 27.6 Å². The Morgan fingerprint density at radius 2 is 2.00 bits per heavy atom. The molecule has 27 heavy (non-hydrogen) atoms. The lowest BCUT2D eigenvalue weighted by atomic mass is 10.2. The van der Waals surface area contributed by atoms with Crippen LogP contribution < -0.4 is 10.2 Å². The maximum absolute atomic E-state index is 12.4. The standard InChI is InChI=1S/C17H11BrN4O5/c1-10-9-13(23)15(17(24)27-14-7-4-8-19-16(14)18)20-21(10)11-5-2-3-6-12(11)22(25)26/h2-9H,1H3. The molecule has 136 valence electrons. The summed E-state index contributed by atoms with van der Waals surface area (Å²) in [6.45, 7) is 1.55. The number of halogens is 1. The van der Waals surface area contributed by atoms with E-state index in [1.807, 2.05) is 0 Å². The Labute approximate surface area is 160 Å². The third-order valence-electron chi connectivity index (χ3n) is 3.53. The van der Waals surface area contributed by atoms with Crippen molar-refractivity contribution in [1.29, 1.82) is 0 Å². The molecular weight excluding hydrogens is 420 g/mol. The van der Waals surface area contributed by atoms with Crippen molar-refractivity contribution in [3.8, 4) is 11.4 Å². The van der Waals surface area contributed by atoms with Crippen LogP contribution in [0.5, 0.6) is 5.75 Å². The highest BCUT2D eigenvalue weighted by Gasteiger charge is 2.22. The van der Waals surface area contributed by atoms with Gasteiger partial charge in [-0.15, -0.1) is 0 Å². The molecule has 3 rings (SSSR count). The lowest BCUT2D eigenvalue weighted by molar-refractivity contribution is -0.384. The maximum atomic E-state index is 12.4. The molecule has 0 saturated carbocycles. The fourth-order valence-electron chi connectivity index (χ4n) is 2.33. The Balaban J connectivity index is 2.08. The van der Waals surface area contributed by atoms with Crippen LogP contribution in [-0.4, -0.2) is 25.7 Å². The average molecular weight is 431 g/mol. The fourth-order valence-corrected chi connectivity index (χ4v) is 2.66. The molecule has 0 atom stereocenters. The summed E-state index contributed by atoms with van der Waals surface area (Å²) in [7, 11) is 0. The molecule has 2 heterocycles. The number of carbonyl (C=O) groups excluding carboxylic acids is 1. The van der Waals surface area contributed by atoms with E-state index in [4.69, 9.17) is 4.74 Å². The zero-order valence-electron chi connectivity index (χ0n) is 13.8. The normalized spacial score (nSPS) is 10.4. The second kappa shape index (κ2) is 7.46. The molecule has 0 aliphatic heterocycles. The van der Waals surface area contributed by atoms with Gasteiger partial charge in [-0.2, -0.15) is 5.10 Å². The molecule has 0 bridgehead atoms. The number of pyridine rings is 1. The van der Waals surface area contributed by atoms with Crippen molar-refractivity contribution in [2.45, 2.75) is 6.92 Å². The average Bonchev–Trinajstić information content (AvgIpc) is 2.63. The number of benzene rings is 1. The van der Waals surface area contributed by atoms with Crippen LogP contribution in [0.3, 0.4) is 0 Å². The van der Waals surface area contributed by atoms with E-state index in [0.29, 0.717) is 5.69 Å². The van der Waals surface area contributed by atoms with Gasteiger partial charge >= 0.3 is 5.97 Å². The number of hydrogen-bond donors (Lipinski definition) is 0. The van der Waals surface area contributed by atoms with Gasteiger partial charge in [0.25, 0.3) is 5.69 Å². The highest BCUT2D eigenvalue weighted by molar-refractivity contribution is 9.10. The molecule has 2 aromatic heterocycles. The van der Waals surface area contributed by atoms with E-state index in [9.17, 15) is 19.7 Å². The lowest BCUT2D eigenvalue weighted by Gasteiger charge is -2.11. The predicted octanol–water partition coefficient (Wildman–Crippen LogP) is 2.83. The smallest absolute Gasteiger partial charge is 0.368 e. The van der Waals surface area contributed by atoms with E-state index in [0.717, 1.165) is 4.68 Å².